The van der Waals surface area contributed by atoms with Crippen molar-refractivity contribution in [3.8, 4) is 0 Å². The minimum atomic E-state index is 0. The van der Waals surface area contributed by atoms with E-state index in [0.29, 0.717) is 5.92 Å². The maximum absolute atomic E-state index is 12.5. The molecule has 3 heterocycles. The fraction of sp³-hybridized carbons (Fsp3) is 0.643. The topological polar surface area (TPSA) is 37.3 Å². The summed E-state index contributed by atoms with van der Waals surface area (Å²) in [6, 6.07) is 3.95. The summed E-state index contributed by atoms with van der Waals surface area (Å²) in [6.07, 6.45) is 1.15. The first-order chi connectivity index (χ1) is 8.66. The van der Waals surface area contributed by atoms with Crippen LogP contribution in [0, 0.1) is 18.8 Å². The number of aromatic nitrogens is 1. The molecule has 1 aromatic rings. The fourth-order valence-electron chi connectivity index (χ4n) is 3.21. The number of piperidine rings is 1. The molecule has 0 spiro atoms. The van der Waals surface area contributed by atoms with Crippen LogP contribution >= 0.6 is 12.4 Å². The first-order valence-corrected chi connectivity index (χ1v) is 6.79. The second-order valence-electron chi connectivity index (χ2n) is 5.64. The van der Waals surface area contributed by atoms with Gasteiger partial charge in [-0.25, -0.2) is 0 Å². The molecule has 2 unspecified atom stereocenters. The predicted molar refractivity (Wildman–Crippen MR) is 77.8 cm³/mol. The van der Waals surface area contributed by atoms with Gasteiger partial charge in [-0.1, -0.05) is 0 Å². The number of aryl methyl sites for hydroxylation is 1. The molecule has 106 valence electrons. The van der Waals surface area contributed by atoms with Gasteiger partial charge >= 0.3 is 0 Å². The number of hydrogen-bond donors (Lipinski definition) is 1. The van der Waals surface area contributed by atoms with Crippen LogP contribution in [0.5, 0.6) is 0 Å². The van der Waals surface area contributed by atoms with Crippen LogP contribution in [0.2, 0.25) is 0 Å². The number of nitrogens with one attached hydrogen (secondary N) is 1. The van der Waals surface area contributed by atoms with Gasteiger partial charge in [0.25, 0.3) is 5.91 Å². The number of amides is 1. The highest BCUT2D eigenvalue weighted by Crippen LogP contribution is 2.27. The zero-order chi connectivity index (χ0) is 12.7. The van der Waals surface area contributed by atoms with Gasteiger partial charge in [-0.3, -0.25) is 4.79 Å². The number of fused-ring (bicyclic) bond motifs is 1. The molecule has 0 aliphatic carbocycles. The molecule has 2 atom stereocenters. The molecule has 4 nitrogen and oxygen atoms in total. The predicted octanol–water partition coefficient (Wildman–Crippen LogP) is 1.44. The van der Waals surface area contributed by atoms with Crippen LogP contribution in [0.4, 0.5) is 0 Å². The van der Waals surface area contributed by atoms with Crippen LogP contribution in [0.3, 0.4) is 0 Å². The fourth-order valence-corrected chi connectivity index (χ4v) is 3.21. The van der Waals surface area contributed by atoms with Gasteiger partial charge in [0.1, 0.15) is 5.69 Å². The zero-order valence-electron chi connectivity index (χ0n) is 11.6. The van der Waals surface area contributed by atoms with Crippen molar-refractivity contribution in [3.05, 3.63) is 23.5 Å². The Morgan fingerprint density at radius 1 is 1.32 bits per heavy atom. The van der Waals surface area contributed by atoms with Gasteiger partial charge in [0, 0.05) is 25.8 Å². The van der Waals surface area contributed by atoms with E-state index in [-0.39, 0.29) is 18.3 Å². The summed E-state index contributed by atoms with van der Waals surface area (Å²) in [5.74, 6) is 1.63. The number of likely N-dealkylation sites (tertiary alicyclic amines) is 1. The van der Waals surface area contributed by atoms with E-state index in [1.54, 1.807) is 0 Å². The molecular weight excluding hydrogens is 262 g/mol. The van der Waals surface area contributed by atoms with Crippen LogP contribution in [0.25, 0.3) is 0 Å². The summed E-state index contributed by atoms with van der Waals surface area (Å²) in [5.41, 5.74) is 1.95. The van der Waals surface area contributed by atoms with E-state index in [1.807, 2.05) is 35.6 Å². The minimum Gasteiger partial charge on any atom is -0.344 e. The highest BCUT2D eigenvalue weighted by Gasteiger charge is 2.35. The van der Waals surface area contributed by atoms with Crippen LogP contribution in [0.15, 0.2) is 12.1 Å². The maximum Gasteiger partial charge on any atom is 0.270 e. The molecular formula is C14H22ClN3O. The van der Waals surface area contributed by atoms with Crippen molar-refractivity contribution in [1.29, 1.82) is 0 Å². The first kappa shape index (κ1) is 14.4. The molecule has 0 bridgehead atoms. The Hall–Kier alpha value is -1.00. The quantitative estimate of drug-likeness (QED) is 0.847. The van der Waals surface area contributed by atoms with E-state index in [9.17, 15) is 4.79 Å². The summed E-state index contributed by atoms with van der Waals surface area (Å²) in [6.45, 7) is 6.06. The molecule has 3 rings (SSSR count). The molecule has 0 aromatic carbocycles. The highest BCUT2D eigenvalue weighted by molar-refractivity contribution is 5.93. The van der Waals surface area contributed by atoms with Crippen molar-refractivity contribution in [1.82, 2.24) is 14.8 Å². The van der Waals surface area contributed by atoms with Gasteiger partial charge in [0.15, 0.2) is 0 Å². The van der Waals surface area contributed by atoms with Crippen LogP contribution in [-0.2, 0) is 7.05 Å². The maximum atomic E-state index is 12.5. The number of hydrogen-bond acceptors (Lipinski definition) is 2. The molecule has 0 saturated carbocycles. The summed E-state index contributed by atoms with van der Waals surface area (Å²) in [7, 11) is 1.96. The largest absolute Gasteiger partial charge is 0.344 e. The van der Waals surface area contributed by atoms with Gasteiger partial charge in [-0.05, 0) is 50.4 Å². The summed E-state index contributed by atoms with van der Waals surface area (Å²) >= 11 is 0. The van der Waals surface area contributed by atoms with Gasteiger partial charge < -0.3 is 14.8 Å². The van der Waals surface area contributed by atoms with Crippen molar-refractivity contribution in [3.63, 3.8) is 0 Å². The Bertz CT molecular complexity index is 471. The zero-order valence-corrected chi connectivity index (χ0v) is 12.4. The summed E-state index contributed by atoms with van der Waals surface area (Å²) in [4.78, 5) is 14.5. The van der Waals surface area contributed by atoms with E-state index >= 15 is 0 Å². The smallest absolute Gasteiger partial charge is 0.270 e. The highest BCUT2D eigenvalue weighted by atomic mass is 35.5. The Kier molecular flexibility index (Phi) is 4.21. The summed E-state index contributed by atoms with van der Waals surface area (Å²) < 4.78 is 1.99. The molecule has 2 fully saturated rings. The molecule has 0 radical (unpaired) electrons. The van der Waals surface area contributed by atoms with Gasteiger partial charge in [-0.15, -0.1) is 12.4 Å². The minimum absolute atomic E-state index is 0. The van der Waals surface area contributed by atoms with E-state index in [2.05, 4.69) is 5.32 Å². The van der Waals surface area contributed by atoms with E-state index in [4.69, 9.17) is 0 Å². The lowest BCUT2D eigenvalue weighted by molar-refractivity contribution is 0.0632. The van der Waals surface area contributed by atoms with Crippen LogP contribution < -0.4 is 5.32 Å². The van der Waals surface area contributed by atoms with Gasteiger partial charge in [0.05, 0.1) is 0 Å². The second-order valence-corrected chi connectivity index (χ2v) is 5.64. The number of carbonyl (C=O) groups is 1. The average molecular weight is 284 g/mol. The lowest BCUT2D eigenvalue weighted by atomic mass is 9.88. The van der Waals surface area contributed by atoms with Crippen molar-refractivity contribution in [2.75, 3.05) is 26.2 Å². The normalized spacial score (nSPS) is 25.9. The Labute approximate surface area is 120 Å². The molecule has 1 amide bonds. The summed E-state index contributed by atoms with van der Waals surface area (Å²) in [5, 5.41) is 3.44. The third kappa shape index (κ3) is 2.51. The van der Waals surface area contributed by atoms with E-state index in [0.717, 1.165) is 49.9 Å². The first-order valence-electron chi connectivity index (χ1n) is 6.79. The van der Waals surface area contributed by atoms with Crippen molar-refractivity contribution < 1.29 is 4.79 Å². The molecule has 1 aromatic heterocycles. The molecule has 5 heteroatoms. The Balaban J connectivity index is 0.00000133. The molecule has 1 N–H and O–H groups in total. The third-order valence-corrected chi connectivity index (χ3v) is 4.58. The van der Waals surface area contributed by atoms with Crippen LogP contribution in [-0.4, -0.2) is 41.6 Å². The van der Waals surface area contributed by atoms with Crippen molar-refractivity contribution in [2.24, 2.45) is 18.9 Å². The van der Waals surface area contributed by atoms with Gasteiger partial charge in [0.2, 0.25) is 0 Å². The Morgan fingerprint density at radius 3 is 2.74 bits per heavy atom. The SMILES string of the molecule is Cc1ccc(C(=O)N2CCC3CNCC3C2)n1C.Cl. The third-order valence-electron chi connectivity index (χ3n) is 4.58. The number of rotatable bonds is 1. The monoisotopic (exact) mass is 283 g/mol. The van der Waals surface area contributed by atoms with Crippen LogP contribution in [0.1, 0.15) is 22.6 Å². The van der Waals surface area contributed by atoms with E-state index < -0.39 is 0 Å². The van der Waals surface area contributed by atoms with Crippen molar-refractivity contribution in [2.45, 2.75) is 13.3 Å². The average Bonchev–Trinajstić information content (AvgIpc) is 2.96. The molecule has 2 saturated heterocycles. The Morgan fingerprint density at radius 2 is 2.05 bits per heavy atom. The number of halogens is 1. The molecule has 2 aliphatic rings. The standard InChI is InChI=1S/C14H21N3O.ClH/c1-10-3-4-13(16(10)2)14(18)17-6-5-11-7-15-8-12(11)9-17;/h3-4,11-12,15H,5-9H2,1-2H3;1H. The molecule has 19 heavy (non-hydrogen) atoms. The lowest BCUT2D eigenvalue weighted by Gasteiger charge is -2.34. The molecule has 2 aliphatic heterocycles. The second kappa shape index (κ2) is 5.55. The van der Waals surface area contributed by atoms with E-state index in [1.165, 1.54) is 0 Å². The lowest BCUT2D eigenvalue weighted by Crippen LogP contribution is -2.43. The van der Waals surface area contributed by atoms with Crippen molar-refractivity contribution >= 4 is 18.3 Å². The van der Waals surface area contributed by atoms with Gasteiger partial charge in [-0.2, -0.15) is 0 Å². The number of nitrogens with zero attached hydrogens (tertiary/aromatic N) is 2. The number of carbonyl (C=O) groups excluding carboxylic acids is 1.